The summed E-state index contributed by atoms with van der Waals surface area (Å²) in [6, 6.07) is 4.55. The summed E-state index contributed by atoms with van der Waals surface area (Å²) < 4.78 is 10.2. The smallest absolute Gasteiger partial charge is 0.306 e. The first kappa shape index (κ1) is 22.6. The number of esters is 2. The number of rotatable bonds is 13. The van der Waals surface area contributed by atoms with Crippen molar-refractivity contribution in [2.45, 2.75) is 71.8 Å². The molecule has 0 saturated heterocycles. The van der Waals surface area contributed by atoms with E-state index in [2.05, 4.69) is 6.92 Å². The Hall–Kier alpha value is -2.44. The highest BCUT2D eigenvalue weighted by atomic mass is 16.6. The Balaban J connectivity index is 2.17. The molecule has 7 heteroatoms. The Labute approximate surface area is 160 Å². The fraction of sp³-hybridized carbons (Fsp3) is 0.600. The molecule has 0 radical (unpaired) electrons. The largest absolute Gasteiger partial charge is 0.466 e. The second-order valence-electron chi connectivity index (χ2n) is 6.53. The molecule has 0 aliphatic heterocycles. The number of carbonyl (C=O) groups excluding carboxylic acids is 2. The molecule has 0 heterocycles. The Morgan fingerprint density at radius 1 is 1.00 bits per heavy atom. The van der Waals surface area contributed by atoms with E-state index in [9.17, 15) is 19.7 Å². The summed E-state index contributed by atoms with van der Waals surface area (Å²) in [5.74, 6) is -0.894. The lowest BCUT2D eigenvalue weighted by Gasteiger charge is -2.07. The van der Waals surface area contributed by atoms with Gasteiger partial charge in [-0.3, -0.25) is 19.7 Å². The van der Waals surface area contributed by atoms with Crippen LogP contribution >= 0.6 is 0 Å². The van der Waals surface area contributed by atoms with Crippen molar-refractivity contribution in [3.8, 4) is 0 Å². The van der Waals surface area contributed by atoms with Gasteiger partial charge in [0.2, 0.25) is 0 Å². The van der Waals surface area contributed by atoms with Crippen LogP contribution in [0.3, 0.4) is 0 Å². The van der Waals surface area contributed by atoms with Crippen molar-refractivity contribution in [1.82, 2.24) is 0 Å². The normalized spacial score (nSPS) is 10.4. The lowest BCUT2D eigenvalue weighted by atomic mass is 10.1. The van der Waals surface area contributed by atoms with Gasteiger partial charge in [-0.2, -0.15) is 0 Å². The molecule has 0 fully saturated rings. The molecule has 0 aliphatic carbocycles. The third kappa shape index (κ3) is 9.72. The van der Waals surface area contributed by atoms with Crippen molar-refractivity contribution in [2.24, 2.45) is 0 Å². The summed E-state index contributed by atoms with van der Waals surface area (Å²) in [6.07, 6.45) is 6.65. The molecular formula is C20H29NO6. The third-order valence-corrected chi connectivity index (χ3v) is 4.15. The molecule has 1 aromatic carbocycles. The van der Waals surface area contributed by atoms with Gasteiger partial charge in [0, 0.05) is 11.6 Å². The number of carbonyl (C=O) groups is 2. The molecule has 27 heavy (non-hydrogen) atoms. The van der Waals surface area contributed by atoms with Gasteiger partial charge in [0.1, 0.15) is 6.61 Å². The van der Waals surface area contributed by atoms with Crippen LogP contribution in [0.15, 0.2) is 18.2 Å². The number of aryl methyl sites for hydroxylation is 1. The van der Waals surface area contributed by atoms with E-state index in [4.69, 9.17) is 9.47 Å². The minimum Gasteiger partial charge on any atom is -0.466 e. The van der Waals surface area contributed by atoms with Crippen molar-refractivity contribution in [3.05, 3.63) is 39.4 Å². The van der Waals surface area contributed by atoms with Crippen LogP contribution in [-0.2, 0) is 25.7 Å². The van der Waals surface area contributed by atoms with Crippen LogP contribution in [0.1, 0.15) is 69.4 Å². The van der Waals surface area contributed by atoms with E-state index < -0.39 is 16.9 Å². The Morgan fingerprint density at radius 2 is 1.63 bits per heavy atom. The molecule has 1 aromatic rings. The van der Waals surface area contributed by atoms with Gasteiger partial charge in [-0.15, -0.1) is 0 Å². The molecule has 0 unspecified atom stereocenters. The zero-order chi connectivity index (χ0) is 20.1. The number of hydrogen-bond acceptors (Lipinski definition) is 6. The van der Waals surface area contributed by atoms with Gasteiger partial charge in [-0.25, -0.2) is 0 Å². The van der Waals surface area contributed by atoms with Gasteiger partial charge in [-0.1, -0.05) is 39.0 Å². The molecule has 0 aromatic heterocycles. The van der Waals surface area contributed by atoms with E-state index in [-0.39, 0.29) is 25.1 Å². The fourth-order valence-corrected chi connectivity index (χ4v) is 2.59. The molecule has 7 nitrogen and oxygen atoms in total. The highest BCUT2D eigenvalue weighted by molar-refractivity contribution is 5.77. The van der Waals surface area contributed by atoms with Crippen LogP contribution in [0, 0.1) is 17.0 Å². The number of nitrogens with zero attached hydrogens (tertiary/aromatic N) is 1. The molecule has 0 amide bonds. The Kier molecular flexibility index (Phi) is 10.7. The number of benzene rings is 1. The van der Waals surface area contributed by atoms with E-state index in [0.29, 0.717) is 17.7 Å². The van der Waals surface area contributed by atoms with Crippen LogP contribution in [0.2, 0.25) is 0 Å². The monoisotopic (exact) mass is 379 g/mol. The second-order valence-corrected chi connectivity index (χ2v) is 6.53. The zero-order valence-electron chi connectivity index (χ0n) is 16.2. The van der Waals surface area contributed by atoms with Crippen LogP contribution in [0.5, 0.6) is 0 Å². The standard InChI is InChI=1S/C20H29NO6/c1-3-4-5-6-7-8-13-26-19(22)11-12-20(23)27-15-17-9-10-18(21(24)25)16(2)14-17/h9-10,14H,3-8,11-13,15H2,1-2H3. The van der Waals surface area contributed by atoms with Gasteiger partial charge in [0.15, 0.2) is 0 Å². The van der Waals surface area contributed by atoms with Gasteiger partial charge in [0.05, 0.1) is 24.4 Å². The number of hydrogen-bond donors (Lipinski definition) is 0. The van der Waals surface area contributed by atoms with E-state index >= 15 is 0 Å². The maximum Gasteiger partial charge on any atom is 0.306 e. The van der Waals surface area contributed by atoms with Crippen molar-refractivity contribution in [2.75, 3.05) is 6.61 Å². The maximum absolute atomic E-state index is 11.7. The first-order valence-electron chi connectivity index (χ1n) is 9.49. The summed E-state index contributed by atoms with van der Waals surface area (Å²) in [7, 11) is 0. The minimum absolute atomic E-state index is 0.00599. The average molecular weight is 379 g/mol. The lowest BCUT2D eigenvalue weighted by molar-refractivity contribution is -0.385. The van der Waals surface area contributed by atoms with Gasteiger partial charge < -0.3 is 9.47 Å². The molecule has 0 aliphatic rings. The summed E-state index contributed by atoms with van der Waals surface area (Å²) in [4.78, 5) is 33.6. The SMILES string of the molecule is CCCCCCCCOC(=O)CCC(=O)OCc1ccc([N+](=O)[O-])c(C)c1. The lowest BCUT2D eigenvalue weighted by Crippen LogP contribution is -2.11. The summed E-state index contributed by atoms with van der Waals surface area (Å²) in [5.41, 5.74) is 1.20. The predicted octanol–water partition coefficient (Wildman–Crippen LogP) is 4.63. The van der Waals surface area contributed by atoms with Gasteiger partial charge >= 0.3 is 11.9 Å². The van der Waals surface area contributed by atoms with Crippen LogP contribution in [-0.4, -0.2) is 23.5 Å². The number of nitro groups is 1. The van der Waals surface area contributed by atoms with Crippen molar-refractivity contribution < 1.29 is 24.0 Å². The molecule has 1 rings (SSSR count). The molecule has 0 spiro atoms. The van der Waals surface area contributed by atoms with Crippen molar-refractivity contribution in [1.29, 1.82) is 0 Å². The second kappa shape index (κ2) is 12.8. The highest BCUT2D eigenvalue weighted by Crippen LogP contribution is 2.19. The summed E-state index contributed by atoms with van der Waals surface area (Å²) in [5, 5.41) is 10.8. The van der Waals surface area contributed by atoms with E-state index in [1.54, 1.807) is 19.1 Å². The van der Waals surface area contributed by atoms with Gasteiger partial charge in [-0.05, 0) is 31.0 Å². The van der Waals surface area contributed by atoms with Crippen molar-refractivity contribution >= 4 is 17.6 Å². The number of ether oxygens (including phenoxy) is 2. The number of unbranched alkanes of at least 4 members (excludes halogenated alkanes) is 5. The molecule has 0 atom stereocenters. The molecule has 0 N–H and O–H groups in total. The summed E-state index contributed by atoms with van der Waals surface area (Å²) in [6.45, 7) is 4.20. The first-order chi connectivity index (χ1) is 12.9. The summed E-state index contributed by atoms with van der Waals surface area (Å²) >= 11 is 0. The van der Waals surface area contributed by atoms with E-state index in [0.717, 1.165) is 19.3 Å². The van der Waals surface area contributed by atoms with Crippen LogP contribution in [0.4, 0.5) is 5.69 Å². The number of nitro benzene ring substituents is 1. The topological polar surface area (TPSA) is 95.7 Å². The first-order valence-corrected chi connectivity index (χ1v) is 9.49. The predicted molar refractivity (Wildman–Crippen MR) is 101 cm³/mol. The average Bonchev–Trinajstić information content (AvgIpc) is 2.63. The third-order valence-electron chi connectivity index (χ3n) is 4.15. The Bertz CT molecular complexity index is 629. The zero-order valence-corrected chi connectivity index (χ0v) is 16.2. The molecule has 0 saturated carbocycles. The van der Waals surface area contributed by atoms with E-state index in [1.165, 1.54) is 25.3 Å². The maximum atomic E-state index is 11.7. The highest BCUT2D eigenvalue weighted by Gasteiger charge is 2.12. The van der Waals surface area contributed by atoms with E-state index in [1.807, 2.05) is 0 Å². The van der Waals surface area contributed by atoms with Crippen molar-refractivity contribution in [3.63, 3.8) is 0 Å². The molecule has 150 valence electrons. The molecule has 0 bridgehead atoms. The minimum atomic E-state index is -0.498. The molecular weight excluding hydrogens is 350 g/mol. The quantitative estimate of drug-likeness (QED) is 0.215. The van der Waals surface area contributed by atoms with Crippen LogP contribution in [0.25, 0.3) is 0 Å². The van der Waals surface area contributed by atoms with Crippen LogP contribution < -0.4 is 0 Å². The Morgan fingerprint density at radius 3 is 2.26 bits per heavy atom. The van der Waals surface area contributed by atoms with Gasteiger partial charge in [0.25, 0.3) is 5.69 Å². The fourth-order valence-electron chi connectivity index (χ4n) is 2.59.